The first-order chi connectivity index (χ1) is 7.80. The summed E-state index contributed by atoms with van der Waals surface area (Å²) in [4.78, 5) is 0. The Labute approximate surface area is 109 Å². The zero-order valence-electron chi connectivity index (χ0n) is 12.9. The third-order valence-electron chi connectivity index (χ3n) is 4.50. The molecule has 1 atom stereocenters. The molecular weight excluding hydrogens is 206 g/mol. The van der Waals surface area contributed by atoms with E-state index in [1.807, 2.05) is 0 Å². The predicted molar refractivity (Wildman–Crippen MR) is 77.3 cm³/mol. The summed E-state index contributed by atoms with van der Waals surface area (Å²) in [5.74, 6) is 1.90. The monoisotopic (exact) mass is 239 g/mol. The molecule has 0 saturated heterocycles. The van der Waals surface area contributed by atoms with E-state index in [2.05, 4.69) is 46.9 Å². The molecule has 1 saturated carbocycles. The molecule has 102 valence electrons. The van der Waals surface area contributed by atoms with Gasteiger partial charge in [-0.2, -0.15) is 0 Å². The summed E-state index contributed by atoms with van der Waals surface area (Å²) >= 11 is 0. The maximum atomic E-state index is 3.74. The van der Waals surface area contributed by atoms with Gasteiger partial charge in [-0.3, -0.25) is 0 Å². The smallest absolute Gasteiger partial charge is 0.00967 e. The molecule has 0 amide bonds. The van der Waals surface area contributed by atoms with Gasteiger partial charge in [-0.25, -0.2) is 0 Å². The fraction of sp³-hybridized carbons (Fsp3) is 1.00. The Morgan fingerprint density at radius 3 is 1.94 bits per heavy atom. The normalized spacial score (nSPS) is 20.6. The summed E-state index contributed by atoms with van der Waals surface area (Å²) in [7, 11) is 0. The highest BCUT2D eigenvalue weighted by atomic mass is 15.0. The summed E-state index contributed by atoms with van der Waals surface area (Å²) < 4.78 is 0. The average molecular weight is 239 g/mol. The van der Waals surface area contributed by atoms with Gasteiger partial charge in [0.1, 0.15) is 0 Å². The van der Waals surface area contributed by atoms with Crippen LogP contribution in [0.1, 0.15) is 73.6 Å². The van der Waals surface area contributed by atoms with Crippen molar-refractivity contribution in [2.75, 3.05) is 6.54 Å². The molecule has 1 aliphatic rings. The minimum absolute atomic E-state index is 0.254. The first kappa shape index (κ1) is 15.0. The van der Waals surface area contributed by atoms with Gasteiger partial charge in [0, 0.05) is 12.1 Å². The highest BCUT2D eigenvalue weighted by molar-refractivity contribution is 4.94. The van der Waals surface area contributed by atoms with Crippen molar-refractivity contribution < 1.29 is 0 Å². The van der Waals surface area contributed by atoms with Gasteiger partial charge in [-0.15, -0.1) is 0 Å². The van der Waals surface area contributed by atoms with Gasteiger partial charge in [-0.1, -0.05) is 33.6 Å². The van der Waals surface area contributed by atoms with Crippen LogP contribution in [0.15, 0.2) is 0 Å². The number of nitrogens with one attached hydrogen (secondary N) is 1. The van der Waals surface area contributed by atoms with E-state index in [1.165, 1.54) is 38.6 Å². The SMILES string of the molecule is CCC(CC)CC(C)(CNC(C)(C)C)C1CC1. The van der Waals surface area contributed by atoms with Crippen molar-refractivity contribution in [3.63, 3.8) is 0 Å². The fourth-order valence-electron chi connectivity index (χ4n) is 2.87. The first-order valence-corrected chi connectivity index (χ1v) is 7.55. The van der Waals surface area contributed by atoms with Gasteiger partial charge in [-0.05, 0) is 57.3 Å². The number of hydrogen-bond donors (Lipinski definition) is 1. The van der Waals surface area contributed by atoms with Crippen molar-refractivity contribution in [2.24, 2.45) is 17.3 Å². The number of rotatable bonds is 7. The van der Waals surface area contributed by atoms with E-state index in [1.54, 1.807) is 0 Å². The second-order valence-electron chi connectivity index (χ2n) is 7.42. The molecule has 0 heterocycles. The summed E-state index contributed by atoms with van der Waals surface area (Å²) in [5, 5.41) is 3.74. The molecule has 0 aromatic rings. The van der Waals surface area contributed by atoms with Crippen molar-refractivity contribution in [3.8, 4) is 0 Å². The van der Waals surface area contributed by atoms with Gasteiger partial charge in [0.15, 0.2) is 0 Å². The molecule has 17 heavy (non-hydrogen) atoms. The minimum Gasteiger partial charge on any atom is -0.312 e. The quantitative estimate of drug-likeness (QED) is 0.683. The molecular formula is C16H33N. The van der Waals surface area contributed by atoms with Gasteiger partial charge >= 0.3 is 0 Å². The van der Waals surface area contributed by atoms with Crippen LogP contribution in [0.3, 0.4) is 0 Å². The lowest BCUT2D eigenvalue weighted by molar-refractivity contribution is 0.172. The van der Waals surface area contributed by atoms with E-state index in [-0.39, 0.29) is 5.54 Å². The van der Waals surface area contributed by atoms with E-state index >= 15 is 0 Å². The van der Waals surface area contributed by atoms with Crippen molar-refractivity contribution in [1.82, 2.24) is 5.32 Å². The maximum Gasteiger partial charge on any atom is 0.00967 e. The topological polar surface area (TPSA) is 12.0 Å². The Balaban J connectivity index is 2.55. The minimum atomic E-state index is 0.254. The molecule has 0 bridgehead atoms. The van der Waals surface area contributed by atoms with Crippen LogP contribution in [0.25, 0.3) is 0 Å². The van der Waals surface area contributed by atoms with Crippen LogP contribution in [0.5, 0.6) is 0 Å². The molecule has 1 N–H and O–H groups in total. The van der Waals surface area contributed by atoms with E-state index in [9.17, 15) is 0 Å². The lowest BCUT2D eigenvalue weighted by atomic mass is 9.75. The zero-order chi connectivity index (χ0) is 13.1. The molecule has 1 fully saturated rings. The Morgan fingerprint density at radius 2 is 1.59 bits per heavy atom. The highest BCUT2D eigenvalue weighted by Crippen LogP contribution is 2.49. The van der Waals surface area contributed by atoms with Gasteiger partial charge in [0.25, 0.3) is 0 Å². The third kappa shape index (κ3) is 4.99. The molecule has 0 aromatic heterocycles. The molecule has 1 unspecified atom stereocenters. The van der Waals surface area contributed by atoms with Crippen LogP contribution in [-0.2, 0) is 0 Å². The van der Waals surface area contributed by atoms with Crippen molar-refractivity contribution in [2.45, 2.75) is 79.2 Å². The summed E-state index contributed by atoms with van der Waals surface area (Å²) in [6, 6.07) is 0. The lowest BCUT2D eigenvalue weighted by Gasteiger charge is -2.36. The summed E-state index contributed by atoms with van der Waals surface area (Å²) in [5.41, 5.74) is 0.786. The lowest BCUT2D eigenvalue weighted by Crippen LogP contribution is -2.44. The van der Waals surface area contributed by atoms with Crippen LogP contribution in [0.2, 0.25) is 0 Å². The van der Waals surface area contributed by atoms with Crippen LogP contribution >= 0.6 is 0 Å². The third-order valence-corrected chi connectivity index (χ3v) is 4.50. The zero-order valence-corrected chi connectivity index (χ0v) is 12.9. The van der Waals surface area contributed by atoms with Gasteiger partial charge in [0.2, 0.25) is 0 Å². The average Bonchev–Trinajstić information content (AvgIpc) is 3.06. The van der Waals surface area contributed by atoms with Crippen LogP contribution < -0.4 is 5.32 Å². The molecule has 0 spiro atoms. The van der Waals surface area contributed by atoms with Crippen LogP contribution in [-0.4, -0.2) is 12.1 Å². The van der Waals surface area contributed by atoms with E-state index in [0.717, 1.165) is 11.8 Å². The fourth-order valence-corrected chi connectivity index (χ4v) is 2.87. The highest BCUT2D eigenvalue weighted by Gasteiger charge is 2.42. The molecule has 0 aliphatic heterocycles. The maximum absolute atomic E-state index is 3.74. The summed E-state index contributed by atoms with van der Waals surface area (Å²) in [6.45, 7) is 15.2. The molecule has 1 rings (SSSR count). The number of hydrogen-bond acceptors (Lipinski definition) is 1. The van der Waals surface area contributed by atoms with E-state index in [0.29, 0.717) is 5.41 Å². The molecule has 0 aromatic carbocycles. The second-order valence-corrected chi connectivity index (χ2v) is 7.42. The molecule has 0 radical (unpaired) electrons. The van der Waals surface area contributed by atoms with Crippen LogP contribution in [0, 0.1) is 17.3 Å². The Morgan fingerprint density at radius 1 is 1.06 bits per heavy atom. The van der Waals surface area contributed by atoms with E-state index in [4.69, 9.17) is 0 Å². The van der Waals surface area contributed by atoms with Crippen LogP contribution in [0.4, 0.5) is 0 Å². The van der Waals surface area contributed by atoms with Gasteiger partial charge in [0.05, 0.1) is 0 Å². The first-order valence-electron chi connectivity index (χ1n) is 7.55. The van der Waals surface area contributed by atoms with Gasteiger partial charge < -0.3 is 5.32 Å². The largest absolute Gasteiger partial charge is 0.312 e. The second kappa shape index (κ2) is 5.73. The molecule has 1 aliphatic carbocycles. The van der Waals surface area contributed by atoms with E-state index < -0.39 is 0 Å². The van der Waals surface area contributed by atoms with Crippen molar-refractivity contribution in [3.05, 3.63) is 0 Å². The summed E-state index contributed by atoms with van der Waals surface area (Å²) in [6.07, 6.45) is 7.02. The molecule has 1 heteroatoms. The standard InChI is InChI=1S/C16H33N/c1-7-13(8-2)11-16(6,14-9-10-14)12-17-15(3,4)5/h13-14,17H,7-12H2,1-6H3. The van der Waals surface area contributed by atoms with Crippen molar-refractivity contribution in [1.29, 1.82) is 0 Å². The Kier molecular flexibility index (Phi) is 5.07. The van der Waals surface area contributed by atoms with Crippen molar-refractivity contribution >= 4 is 0 Å². The predicted octanol–water partition coefficient (Wildman–Crippen LogP) is 4.62. The molecule has 1 nitrogen and oxygen atoms in total. The Hall–Kier alpha value is -0.0400. The Bertz CT molecular complexity index is 220.